The summed E-state index contributed by atoms with van der Waals surface area (Å²) in [4.78, 5) is 4.11. The van der Waals surface area contributed by atoms with Crippen molar-refractivity contribution < 1.29 is 0 Å². The molecule has 1 heteroatoms. The van der Waals surface area contributed by atoms with Crippen molar-refractivity contribution in [3.63, 3.8) is 0 Å². The molecule has 1 rings (SSSR count). The van der Waals surface area contributed by atoms with E-state index < -0.39 is 0 Å². The van der Waals surface area contributed by atoms with Crippen LogP contribution in [0.15, 0.2) is 24.5 Å². The number of rotatable bonds is 6. The van der Waals surface area contributed by atoms with Crippen molar-refractivity contribution in [2.75, 3.05) is 0 Å². The highest BCUT2D eigenvalue weighted by Crippen LogP contribution is 2.34. The molecule has 1 aromatic heterocycles. The Morgan fingerprint density at radius 1 is 1.12 bits per heavy atom. The molecule has 0 amide bonds. The first kappa shape index (κ1) is 13.2. The lowest BCUT2D eigenvalue weighted by molar-refractivity contribution is 0.339. The summed E-state index contributed by atoms with van der Waals surface area (Å²) >= 11 is 0. The maximum Gasteiger partial charge on any atom is 0.0270 e. The van der Waals surface area contributed by atoms with Gasteiger partial charge in [-0.05, 0) is 35.4 Å². The Bertz CT molecular complexity index is 279. The third-order valence-electron chi connectivity index (χ3n) is 3.44. The second-order valence-electron chi connectivity index (χ2n) is 5.17. The lowest BCUT2D eigenvalue weighted by Gasteiger charge is -2.28. The minimum Gasteiger partial charge on any atom is -0.265 e. The molecule has 0 aliphatic heterocycles. The van der Waals surface area contributed by atoms with Crippen LogP contribution in [-0.4, -0.2) is 4.98 Å². The maximum absolute atomic E-state index is 4.11. The van der Waals surface area contributed by atoms with Gasteiger partial charge in [0.15, 0.2) is 0 Å². The fourth-order valence-electron chi connectivity index (χ4n) is 2.66. The standard InChI is InChI=1S/C15H25N/c1-5-6-7-13(4)15(12(2)3)14-8-10-16-11-9-14/h8-13,15H,5-7H2,1-4H3. The average Bonchev–Trinajstić information content (AvgIpc) is 2.27. The fraction of sp³-hybridized carbons (Fsp3) is 0.667. The van der Waals surface area contributed by atoms with E-state index in [1.165, 1.54) is 24.8 Å². The van der Waals surface area contributed by atoms with Crippen LogP contribution in [0.4, 0.5) is 0 Å². The van der Waals surface area contributed by atoms with Crippen molar-refractivity contribution in [3.8, 4) is 0 Å². The van der Waals surface area contributed by atoms with Gasteiger partial charge >= 0.3 is 0 Å². The molecular formula is C15H25N. The lowest BCUT2D eigenvalue weighted by Crippen LogP contribution is -2.16. The van der Waals surface area contributed by atoms with Crippen molar-refractivity contribution in [3.05, 3.63) is 30.1 Å². The summed E-state index contributed by atoms with van der Waals surface area (Å²) < 4.78 is 0. The van der Waals surface area contributed by atoms with Gasteiger partial charge in [0.25, 0.3) is 0 Å². The van der Waals surface area contributed by atoms with Crippen molar-refractivity contribution in [2.24, 2.45) is 11.8 Å². The summed E-state index contributed by atoms with van der Waals surface area (Å²) in [5.41, 5.74) is 1.45. The zero-order valence-electron chi connectivity index (χ0n) is 11.1. The Morgan fingerprint density at radius 3 is 2.25 bits per heavy atom. The summed E-state index contributed by atoms with van der Waals surface area (Å²) in [5, 5.41) is 0. The molecule has 0 saturated carbocycles. The molecule has 0 saturated heterocycles. The predicted octanol–water partition coefficient (Wildman–Crippen LogP) is 4.65. The Balaban J connectivity index is 2.75. The summed E-state index contributed by atoms with van der Waals surface area (Å²) in [6.45, 7) is 9.31. The largest absolute Gasteiger partial charge is 0.265 e. The van der Waals surface area contributed by atoms with E-state index in [9.17, 15) is 0 Å². The zero-order chi connectivity index (χ0) is 12.0. The highest BCUT2D eigenvalue weighted by molar-refractivity contribution is 5.17. The molecule has 1 heterocycles. The van der Waals surface area contributed by atoms with Crippen LogP contribution in [0.1, 0.15) is 58.4 Å². The summed E-state index contributed by atoms with van der Waals surface area (Å²) in [7, 11) is 0. The summed E-state index contributed by atoms with van der Waals surface area (Å²) in [6.07, 6.45) is 7.80. The Morgan fingerprint density at radius 2 is 1.75 bits per heavy atom. The zero-order valence-corrected chi connectivity index (χ0v) is 11.1. The Hall–Kier alpha value is -0.850. The van der Waals surface area contributed by atoms with Crippen LogP contribution >= 0.6 is 0 Å². The van der Waals surface area contributed by atoms with Crippen LogP contribution in [-0.2, 0) is 0 Å². The molecule has 1 nitrogen and oxygen atoms in total. The number of nitrogens with zero attached hydrogens (tertiary/aromatic N) is 1. The molecule has 2 unspecified atom stereocenters. The van der Waals surface area contributed by atoms with Gasteiger partial charge in [-0.3, -0.25) is 4.98 Å². The number of pyridine rings is 1. The second kappa shape index (κ2) is 6.67. The molecule has 0 bridgehead atoms. The highest BCUT2D eigenvalue weighted by atomic mass is 14.6. The van der Waals surface area contributed by atoms with Gasteiger partial charge in [0, 0.05) is 12.4 Å². The van der Waals surface area contributed by atoms with E-state index in [0.29, 0.717) is 11.8 Å². The molecule has 2 atom stereocenters. The van der Waals surface area contributed by atoms with Gasteiger partial charge in [0.05, 0.1) is 0 Å². The number of hydrogen-bond donors (Lipinski definition) is 0. The summed E-state index contributed by atoms with van der Waals surface area (Å²) in [6, 6.07) is 4.35. The molecule has 0 aliphatic carbocycles. The molecule has 0 aliphatic rings. The predicted molar refractivity (Wildman–Crippen MR) is 70.5 cm³/mol. The minimum absolute atomic E-state index is 0.676. The van der Waals surface area contributed by atoms with Gasteiger partial charge in [0.1, 0.15) is 0 Å². The highest BCUT2D eigenvalue weighted by Gasteiger charge is 2.21. The van der Waals surface area contributed by atoms with E-state index >= 15 is 0 Å². The number of hydrogen-bond acceptors (Lipinski definition) is 1. The van der Waals surface area contributed by atoms with Crippen molar-refractivity contribution in [1.82, 2.24) is 4.98 Å². The topological polar surface area (TPSA) is 12.9 Å². The van der Waals surface area contributed by atoms with Crippen LogP contribution in [0.2, 0.25) is 0 Å². The summed E-state index contributed by atoms with van der Waals surface area (Å²) in [5.74, 6) is 2.14. The lowest BCUT2D eigenvalue weighted by atomic mass is 9.77. The van der Waals surface area contributed by atoms with E-state index in [0.717, 1.165) is 5.92 Å². The molecule has 0 spiro atoms. The first-order valence-electron chi connectivity index (χ1n) is 6.56. The smallest absolute Gasteiger partial charge is 0.0270 e. The third kappa shape index (κ3) is 3.62. The molecule has 0 radical (unpaired) electrons. The number of aromatic nitrogens is 1. The molecule has 1 aromatic rings. The molecule has 0 fully saturated rings. The Labute approximate surface area is 100 Å². The first-order valence-corrected chi connectivity index (χ1v) is 6.56. The monoisotopic (exact) mass is 219 g/mol. The van der Waals surface area contributed by atoms with Crippen molar-refractivity contribution >= 4 is 0 Å². The average molecular weight is 219 g/mol. The van der Waals surface area contributed by atoms with Gasteiger partial charge in [-0.1, -0.05) is 47.0 Å². The van der Waals surface area contributed by atoms with Crippen LogP contribution in [0.25, 0.3) is 0 Å². The minimum atomic E-state index is 0.676. The molecule has 16 heavy (non-hydrogen) atoms. The third-order valence-corrected chi connectivity index (χ3v) is 3.44. The van der Waals surface area contributed by atoms with Crippen molar-refractivity contribution in [1.29, 1.82) is 0 Å². The molecule has 0 N–H and O–H groups in total. The van der Waals surface area contributed by atoms with Crippen LogP contribution in [0, 0.1) is 11.8 Å². The van der Waals surface area contributed by atoms with Gasteiger partial charge in [-0.2, -0.15) is 0 Å². The van der Waals surface area contributed by atoms with E-state index in [-0.39, 0.29) is 0 Å². The first-order chi connectivity index (χ1) is 7.66. The quantitative estimate of drug-likeness (QED) is 0.678. The fourth-order valence-corrected chi connectivity index (χ4v) is 2.66. The normalized spacial score (nSPS) is 15.1. The maximum atomic E-state index is 4.11. The molecule has 90 valence electrons. The SMILES string of the molecule is CCCCC(C)C(c1ccncc1)C(C)C. The van der Waals surface area contributed by atoms with Crippen LogP contribution < -0.4 is 0 Å². The van der Waals surface area contributed by atoms with Gasteiger partial charge in [-0.15, -0.1) is 0 Å². The van der Waals surface area contributed by atoms with Crippen LogP contribution in [0.5, 0.6) is 0 Å². The van der Waals surface area contributed by atoms with Gasteiger partial charge in [0.2, 0.25) is 0 Å². The van der Waals surface area contributed by atoms with Crippen molar-refractivity contribution in [2.45, 2.75) is 52.9 Å². The Kier molecular flexibility index (Phi) is 5.51. The van der Waals surface area contributed by atoms with E-state index in [1.54, 1.807) is 0 Å². The molecule has 0 aromatic carbocycles. The van der Waals surface area contributed by atoms with Gasteiger partial charge in [-0.25, -0.2) is 0 Å². The second-order valence-corrected chi connectivity index (χ2v) is 5.17. The van der Waals surface area contributed by atoms with E-state index in [4.69, 9.17) is 0 Å². The van der Waals surface area contributed by atoms with Gasteiger partial charge < -0.3 is 0 Å². The van der Waals surface area contributed by atoms with E-state index in [2.05, 4.69) is 44.8 Å². The van der Waals surface area contributed by atoms with E-state index in [1.807, 2.05) is 12.4 Å². The van der Waals surface area contributed by atoms with Crippen LogP contribution in [0.3, 0.4) is 0 Å². The molecular weight excluding hydrogens is 194 g/mol. The number of unbranched alkanes of at least 4 members (excludes halogenated alkanes) is 1.